The van der Waals surface area contributed by atoms with Crippen LogP contribution in [-0.2, 0) is 0 Å². The van der Waals surface area contributed by atoms with E-state index in [0.29, 0.717) is 6.04 Å². The van der Waals surface area contributed by atoms with Crippen LogP contribution in [0.3, 0.4) is 0 Å². The van der Waals surface area contributed by atoms with Crippen molar-refractivity contribution >= 4 is 17.6 Å². The summed E-state index contributed by atoms with van der Waals surface area (Å²) in [5, 5.41) is 3.66. The van der Waals surface area contributed by atoms with Gasteiger partial charge in [0.2, 0.25) is 0 Å². The fourth-order valence-electron chi connectivity index (χ4n) is 3.24. The normalized spacial score (nSPS) is 22.3. The van der Waals surface area contributed by atoms with Gasteiger partial charge in [0.05, 0.1) is 17.4 Å². The Labute approximate surface area is 139 Å². The summed E-state index contributed by atoms with van der Waals surface area (Å²) in [7, 11) is 2.14. The third kappa shape index (κ3) is 3.52. The van der Waals surface area contributed by atoms with Crippen LogP contribution < -0.4 is 16.0 Å². The van der Waals surface area contributed by atoms with Crippen LogP contribution in [0.25, 0.3) is 0 Å². The summed E-state index contributed by atoms with van der Waals surface area (Å²) in [5.41, 5.74) is 11.0. The predicted octanol–water partition coefficient (Wildman–Crippen LogP) is 3.55. The Morgan fingerprint density at radius 1 is 1.39 bits per heavy atom. The van der Waals surface area contributed by atoms with Crippen molar-refractivity contribution in [3.63, 3.8) is 0 Å². The van der Waals surface area contributed by atoms with Gasteiger partial charge in [0.1, 0.15) is 0 Å². The van der Waals surface area contributed by atoms with E-state index in [1.807, 2.05) is 6.21 Å². The topological polar surface area (TPSA) is 53.6 Å². The van der Waals surface area contributed by atoms with Crippen molar-refractivity contribution in [3.8, 4) is 0 Å². The summed E-state index contributed by atoms with van der Waals surface area (Å²) < 4.78 is 0. The number of hydrogen-bond donors (Lipinski definition) is 2. The first-order valence-corrected chi connectivity index (χ1v) is 8.77. The molecular weight excluding hydrogens is 284 g/mol. The summed E-state index contributed by atoms with van der Waals surface area (Å²) in [5.74, 6) is 0. The summed E-state index contributed by atoms with van der Waals surface area (Å²) in [6.07, 6.45) is 7.79. The quantitative estimate of drug-likeness (QED) is 0.818. The molecule has 0 spiro atoms. The maximum atomic E-state index is 6.40. The molecule has 0 radical (unpaired) electrons. The van der Waals surface area contributed by atoms with Crippen molar-refractivity contribution in [2.45, 2.75) is 51.1 Å². The molecule has 2 aliphatic rings. The van der Waals surface area contributed by atoms with Crippen LogP contribution in [0.2, 0.25) is 0 Å². The number of para-hydroxylation sites is 2. The van der Waals surface area contributed by atoms with Gasteiger partial charge >= 0.3 is 0 Å². The molecular formula is C19H28N4. The van der Waals surface area contributed by atoms with Crippen LogP contribution in [0.4, 0.5) is 11.4 Å². The molecule has 1 saturated carbocycles. The van der Waals surface area contributed by atoms with E-state index in [9.17, 15) is 0 Å². The molecule has 3 rings (SSSR count). The third-order valence-electron chi connectivity index (χ3n) is 4.87. The van der Waals surface area contributed by atoms with Crippen molar-refractivity contribution in [1.29, 1.82) is 0 Å². The van der Waals surface area contributed by atoms with Crippen LogP contribution in [0.1, 0.15) is 39.0 Å². The minimum absolute atomic E-state index is 0.199. The number of fused-ring (bicyclic) bond motifs is 1. The van der Waals surface area contributed by atoms with Crippen LogP contribution >= 0.6 is 0 Å². The number of anilines is 2. The molecule has 1 aliphatic carbocycles. The van der Waals surface area contributed by atoms with Gasteiger partial charge in [-0.2, -0.15) is 0 Å². The van der Waals surface area contributed by atoms with Gasteiger partial charge in [0.25, 0.3) is 0 Å². The standard InChI is InChI=1S/C19H28N4/c1-3-7-16(20)15(12-21-14-8-6-9-14)18-13-23(2)19-11-5-4-10-17(19)22-18/h4-5,10-12,14,18,22H,3,6-9,13,20H2,1-2H3. The molecule has 0 bridgehead atoms. The highest BCUT2D eigenvalue weighted by atomic mass is 15.2. The lowest BCUT2D eigenvalue weighted by molar-refractivity contribution is 0.421. The first-order chi connectivity index (χ1) is 11.2. The third-order valence-corrected chi connectivity index (χ3v) is 4.87. The molecule has 0 amide bonds. The predicted molar refractivity (Wildman–Crippen MR) is 99.4 cm³/mol. The van der Waals surface area contributed by atoms with Crippen LogP contribution in [0.5, 0.6) is 0 Å². The summed E-state index contributed by atoms with van der Waals surface area (Å²) in [6, 6.07) is 9.15. The van der Waals surface area contributed by atoms with Crippen LogP contribution in [-0.4, -0.2) is 31.9 Å². The minimum atomic E-state index is 0.199. The minimum Gasteiger partial charge on any atom is -0.402 e. The zero-order valence-corrected chi connectivity index (χ0v) is 14.3. The first-order valence-electron chi connectivity index (χ1n) is 8.77. The monoisotopic (exact) mass is 312 g/mol. The lowest BCUT2D eigenvalue weighted by Gasteiger charge is -2.36. The van der Waals surface area contributed by atoms with Crippen molar-refractivity contribution in [3.05, 3.63) is 35.5 Å². The Kier molecular flexibility index (Phi) is 4.89. The van der Waals surface area contributed by atoms with E-state index in [-0.39, 0.29) is 6.04 Å². The maximum Gasteiger partial charge on any atom is 0.0721 e. The van der Waals surface area contributed by atoms with Gasteiger partial charge in [-0.1, -0.05) is 25.5 Å². The molecule has 124 valence electrons. The van der Waals surface area contributed by atoms with Gasteiger partial charge in [-0.25, -0.2) is 0 Å². The highest BCUT2D eigenvalue weighted by Gasteiger charge is 2.25. The lowest BCUT2D eigenvalue weighted by Crippen LogP contribution is -2.42. The molecule has 4 heteroatoms. The number of nitrogens with one attached hydrogen (secondary N) is 1. The second-order valence-electron chi connectivity index (χ2n) is 6.69. The molecule has 1 aliphatic heterocycles. The zero-order chi connectivity index (χ0) is 16.2. The van der Waals surface area contributed by atoms with Gasteiger partial charge in [-0.15, -0.1) is 0 Å². The number of nitrogens with two attached hydrogens (primary N) is 1. The average molecular weight is 312 g/mol. The first kappa shape index (κ1) is 15.9. The van der Waals surface area contributed by atoms with Crippen molar-refractivity contribution in [2.24, 2.45) is 10.7 Å². The Morgan fingerprint density at radius 2 is 2.17 bits per heavy atom. The van der Waals surface area contributed by atoms with E-state index in [0.717, 1.165) is 25.1 Å². The highest BCUT2D eigenvalue weighted by Crippen LogP contribution is 2.31. The molecule has 1 unspecified atom stereocenters. The second kappa shape index (κ2) is 7.07. The van der Waals surface area contributed by atoms with Crippen molar-refractivity contribution in [1.82, 2.24) is 0 Å². The number of aliphatic imine (C=N–C) groups is 1. The molecule has 1 atom stereocenters. The maximum absolute atomic E-state index is 6.40. The fourth-order valence-corrected chi connectivity index (χ4v) is 3.24. The number of likely N-dealkylation sites (N-methyl/N-ethyl adjacent to an activating group) is 1. The van der Waals surface area contributed by atoms with Gasteiger partial charge in [0.15, 0.2) is 0 Å². The summed E-state index contributed by atoms with van der Waals surface area (Å²) in [6.45, 7) is 3.08. The molecule has 0 saturated heterocycles. The number of allylic oxidation sites excluding steroid dienone is 1. The van der Waals surface area contributed by atoms with Crippen LogP contribution in [0, 0.1) is 0 Å². The molecule has 1 fully saturated rings. The van der Waals surface area contributed by atoms with E-state index < -0.39 is 0 Å². The van der Waals surface area contributed by atoms with Crippen molar-refractivity contribution in [2.75, 3.05) is 23.8 Å². The molecule has 1 aromatic rings. The second-order valence-corrected chi connectivity index (χ2v) is 6.69. The van der Waals surface area contributed by atoms with E-state index in [1.165, 1.54) is 36.2 Å². The van der Waals surface area contributed by atoms with E-state index in [2.05, 4.69) is 48.5 Å². The van der Waals surface area contributed by atoms with E-state index in [4.69, 9.17) is 10.7 Å². The largest absolute Gasteiger partial charge is 0.402 e. The fraction of sp³-hybridized carbons (Fsp3) is 0.526. The average Bonchev–Trinajstić information content (AvgIpc) is 2.50. The molecule has 1 aromatic carbocycles. The Bertz CT molecular complexity index is 601. The van der Waals surface area contributed by atoms with Gasteiger partial charge < -0.3 is 16.0 Å². The number of rotatable bonds is 5. The van der Waals surface area contributed by atoms with E-state index >= 15 is 0 Å². The molecule has 0 aromatic heterocycles. The number of hydrogen-bond acceptors (Lipinski definition) is 4. The van der Waals surface area contributed by atoms with Crippen molar-refractivity contribution < 1.29 is 0 Å². The summed E-state index contributed by atoms with van der Waals surface area (Å²) in [4.78, 5) is 7.07. The molecule has 4 nitrogen and oxygen atoms in total. The smallest absolute Gasteiger partial charge is 0.0721 e. The molecule has 1 heterocycles. The number of benzene rings is 1. The van der Waals surface area contributed by atoms with Gasteiger partial charge in [0, 0.05) is 37.1 Å². The van der Waals surface area contributed by atoms with E-state index in [1.54, 1.807) is 0 Å². The highest BCUT2D eigenvalue weighted by molar-refractivity contribution is 5.85. The Morgan fingerprint density at radius 3 is 2.87 bits per heavy atom. The zero-order valence-electron chi connectivity index (χ0n) is 14.3. The Hall–Kier alpha value is -1.97. The molecule has 3 N–H and O–H groups in total. The van der Waals surface area contributed by atoms with Gasteiger partial charge in [-0.05, 0) is 37.8 Å². The molecule has 23 heavy (non-hydrogen) atoms. The van der Waals surface area contributed by atoms with Crippen LogP contribution in [0.15, 0.2) is 40.5 Å². The number of nitrogens with zero attached hydrogens (tertiary/aromatic N) is 2. The van der Waals surface area contributed by atoms with Gasteiger partial charge in [-0.3, -0.25) is 4.99 Å². The lowest BCUT2D eigenvalue weighted by atomic mass is 9.93. The summed E-state index contributed by atoms with van der Waals surface area (Å²) >= 11 is 0. The SMILES string of the molecule is CCCC(N)=C(C=NC1CCC1)C1CN(C)c2ccccc2N1. The Balaban J connectivity index is 1.85.